The molecule has 5 aromatic rings. The van der Waals surface area contributed by atoms with E-state index in [-0.39, 0.29) is 5.91 Å². The molecule has 0 unspecified atom stereocenters. The highest BCUT2D eigenvalue weighted by Crippen LogP contribution is 2.28. The van der Waals surface area contributed by atoms with E-state index in [0.717, 1.165) is 22.2 Å². The summed E-state index contributed by atoms with van der Waals surface area (Å²) in [7, 11) is 1.95. The maximum absolute atomic E-state index is 12.6. The smallest absolute Gasteiger partial charge is 0.257 e. The normalized spacial score (nSPS) is 10.9. The predicted octanol–water partition coefficient (Wildman–Crippen LogP) is 4.31. The highest BCUT2D eigenvalue weighted by molar-refractivity contribution is 6.04. The van der Waals surface area contributed by atoms with E-state index in [1.54, 1.807) is 18.3 Å². The molecule has 34 heavy (non-hydrogen) atoms. The first-order valence-electron chi connectivity index (χ1n) is 10.6. The summed E-state index contributed by atoms with van der Waals surface area (Å²) >= 11 is 0. The van der Waals surface area contributed by atoms with Crippen molar-refractivity contribution in [3.05, 3.63) is 84.3 Å². The van der Waals surface area contributed by atoms with Gasteiger partial charge in [0.2, 0.25) is 0 Å². The van der Waals surface area contributed by atoms with Crippen LogP contribution < -0.4 is 16.4 Å². The molecule has 168 valence electrons. The van der Waals surface area contributed by atoms with E-state index >= 15 is 0 Å². The molecular weight excluding hydrogens is 428 g/mol. The molecule has 4 N–H and O–H groups in total. The van der Waals surface area contributed by atoms with Gasteiger partial charge >= 0.3 is 0 Å². The molecule has 0 fully saturated rings. The molecule has 4 heterocycles. The third-order valence-corrected chi connectivity index (χ3v) is 5.30. The Morgan fingerprint density at radius 3 is 2.65 bits per heavy atom. The Morgan fingerprint density at radius 1 is 1.00 bits per heavy atom. The van der Waals surface area contributed by atoms with Crippen LogP contribution in [0.1, 0.15) is 15.9 Å². The number of aryl methyl sites for hydroxylation is 2. The average molecular weight is 451 g/mol. The lowest BCUT2D eigenvalue weighted by atomic mass is 10.1. The Balaban J connectivity index is 1.48. The van der Waals surface area contributed by atoms with E-state index in [4.69, 9.17) is 15.7 Å². The van der Waals surface area contributed by atoms with Crippen molar-refractivity contribution in [3.63, 3.8) is 0 Å². The maximum atomic E-state index is 12.6. The lowest BCUT2D eigenvalue weighted by molar-refractivity contribution is 0.102. The summed E-state index contributed by atoms with van der Waals surface area (Å²) in [5.41, 5.74) is 10.1. The van der Waals surface area contributed by atoms with Gasteiger partial charge in [0, 0.05) is 36.9 Å². The molecule has 0 aliphatic rings. The second-order valence-corrected chi connectivity index (χ2v) is 7.91. The number of aromatic nitrogens is 5. The quantitative estimate of drug-likeness (QED) is 0.364. The Hall–Kier alpha value is -4.79. The fourth-order valence-corrected chi connectivity index (χ4v) is 3.55. The first kappa shape index (κ1) is 21.1. The molecule has 0 bridgehead atoms. The number of anilines is 4. The number of pyridine rings is 2. The molecule has 9 heteroatoms. The Kier molecular flexibility index (Phi) is 5.35. The molecular formula is C25H22N8O. The molecule has 9 nitrogen and oxygen atoms in total. The average Bonchev–Trinajstić information content (AvgIpc) is 3.22. The van der Waals surface area contributed by atoms with Gasteiger partial charge in [0.25, 0.3) is 5.91 Å². The molecule has 0 aliphatic carbocycles. The first-order chi connectivity index (χ1) is 16.5. The van der Waals surface area contributed by atoms with Crippen LogP contribution in [0.25, 0.3) is 22.4 Å². The highest BCUT2D eigenvalue weighted by atomic mass is 16.1. The molecule has 0 spiro atoms. The Morgan fingerprint density at radius 2 is 1.88 bits per heavy atom. The van der Waals surface area contributed by atoms with E-state index in [9.17, 15) is 4.79 Å². The summed E-state index contributed by atoms with van der Waals surface area (Å²) < 4.78 is 1.97. The SMILES string of the molecule is Cc1ccc(Nc2nc(-c3cccc(NC(=O)c4ccc(N)nc4)c3)nc3ccn(C)c23)nc1. The van der Waals surface area contributed by atoms with Crippen LogP contribution in [-0.4, -0.2) is 30.4 Å². The maximum Gasteiger partial charge on any atom is 0.257 e. The number of carbonyl (C=O) groups excluding carboxylic acids is 1. The zero-order valence-electron chi connectivity index (χ0n) is 18.6. The minimum absolute atomic E-state index is 0.281. The number of benzene rings is 1. The van der Waals surface area contributed by atoms with Gasteiger partial charge < -0.3 is 20.9 Å². The van der Waals surface area contributed by atoms with Crippen molar-refractivity contribution in [3.8, 4) is 11.4 Å². The van der Waals surface area contributed by atoms with Crippen molar-refractivity contribution in [2.24, 2.45) is 7.05 Å². The van der Waals surface area contributed by atoms with E-state index in [1.807, 2.05) is 67.2 Å². The number of nitrogens with zero attached hydrogens (tertiary/aromatic N) is 5. The van der Waals surface area contributed by atoms with Crippen molar-refractivity contribution in [2.75, 3.05) is 16.4 Å². The van der Waals surface area contributed by atoms with E-state index in [1.165, 1.54) is 6.20 Å². The van der Waals surface area contributed by atoms with Crippen molar-refractivity contribution >= 4 is 40.1 Å². The molecule has 1 aromatic carbocycles. The minimum Gasteiger partial charge on any atom is -0.384 e. The Labute approximate surface area is 195 Å². The monoisotopic (exact) mass is 450 g/mol. The summed E-state index contributed by atoms with van der Waals surface area (Å²) in [6.45, 7) is 1.99. The van der Waals surface area contributed by atoms with E-state index < -0.39 is 0 Å². The van der Waals surface area contributed by atoms with Crippen molar-refractivity contribution in [1.82, 2.24) is 24.5 Å². The largest absolute Gasteiger partial charge is 0.384 e. The van der Waals surface area contributed by atoms with Crippen LogP contribution >= 0.6 is 0 Å². The zero-order chi connectivity index (χ0) is 23.7. The van der Waals surface area contributed by atoms with E-state index in [0.29, 0.717) is 34.5 Å². The lowest BCUT2D eigenvalue weighted by Gasteiger charge is -2.11. The molecule has 0 aliphatic heterocycles. The van der Waals surface area contributed by atoms with Gasteiger partial charge in [0.1, 0.15) is 17.2 Å². The molecule has 0 saturated carbocycles. The van der Waals surface area contributed by atoms with Crippen LogP contribution in [0.3, 0.4) is 0 Å². The van der Waals surface area contributed by atoms with Gasteiger partial charge in [-0.2, -0.15) is 0 Å². The van der Waals surface area contributed by atoms with Crippen LogP contribution in [0, 0.1) is 6.92 Å². The number of fused-ring (bicyclic) bond motifs is 1. The van der Waals surface area contributed by atoms with Gasteiger partial charge in [-0.05, 0) is 48.9 Å². The summed E-state index contributed by atoms with van der Waals surface area (Å²) in [5.74, 6) is 1.94. The van der Waals surface area contributed by atoms with Crippen LogP contribution in [0.2, 0.25) is 0 Å². The number of carbonyl (C=O) groups is 1. The number of hydrogen-bond donors (Lipinski definition) is 3. The minimum atomic E-state index is -0.281. The fourth-order valence-electron chi connectivity index (χ4n) is 3.55. The number of rotatable bonds is 5. The molecule has 4 aromatic heterocycles. The van der Waals surface area contributed by atoms with Gasteiger partial charge in [0.15, 0.2) is 11.6 Å². The van der Waals surface area contributed by atoms with E-state index in [2.05, 4.69) is 20.6 Å². The van der Waals surface area contributed by atoms with Gasteiger partial charge in [-0.1, -0.05) is 18.2 Å². The van der Waals surface area contributed by atoms with Gasteiger partial charge in [-0.25, -0.2) is 19.9 Å². The molecule has 1 amide bonds. The third-order valence-electron chi connectivity index (χ3n) is 5.30. The molecule has 0 atom stereocenters. The second kappa shape index (κ2) is 8.62. The number of nitrogens with one attached hydrogen (secondary N) is 2. The lowest BCUT2D eigenvalue weighted by Crippen LogP contribution is -2.12. The third kappa shape index (κ3) is 4.26. The van der Waals surface area contributed by atoms with Crippen LogP contribution in [0.5, 0.6) is 0 Å². The van der Waals surface area contributed by atoms with Crippen molar-refractivity contribution in [2.45, 2.75) is 6.92 Å². The fraction of sp³-hybridized carbons (Fsp3) is 0.0800. The zero-order valence-corrected chi connectivity index (χ0v) is 18.6. The van der Waals surface area contributed by atoms with Gasteiger partial charge in [-0.15, -0.1) is 0 Å². The number of nitrogens with two attached hydrogens (primary N) is 1. The summed E-state index contributed by atoms with van der Waals surface area (Å²) in [4.78, 5) is 30.5. The topological polar surface area (TPSA) is 124 Å². The van der Waals surface area contributed by atoms with Crippen LogP contribution in [0.4, 0.5) is 23.1 Å². The number of amides is 1. The molecule has 5 rings (SSSR count). The first-order valence-corrected chi connectivity index (χ1v) is 10.6. The summed E-state index contributed by atoms with van der Waals surface area (Å²) in [6, 6.07) is 16.4. The summed E-state index contributed by atoms with van der Waals surface area (Å²) in [6.07, 6.45) is 5.18. The van der Waals surface area contributed by atoms with Gasteiger partial charge in [-0.3, -0.25) is 4.79 Å². The highest BCUT2D eigenvalue weighted by Gasteiger charge is 2.14. The molecule has 0 radical (unpaired) electrons. The Bertz CT molecular complexity index is 1490. The van der Waals surface area contributed by atoms with Crippen LogP contribution in [0.15, 0.2) is 73.2 Å². The number of nitrogen functional groups attached to an aromatic ring is 1. The van der Waals surface area contributed by atoms with Crippen molar-refractivity contribution < 1.29 is 4.79 Å². The number of hydrogen-bond acceptors (Lipinski definition) is 7. The predicted molar refractivity (Wildman–Crippen MR) is 133 cm³/mol. The van der Waals surface area contributed by atoms with Crippen molar-refractivity contribution in [1.29, 1.82) is 0 Å². The van der Waals surface area contributed by atoms with Gasteiger partial charge in [0.05, 0.1) is 11.1 Å². The second-order valence-electron chi connectivity index (χ2n) is 7.91. The standard InChI is InChI=1S/C25H22N8O/c1-15-6-9-21(28-13-15)31-24-22-19(10-11-33(22)2)30-23(32-24)16-4-3-5-18(12-16)29-25(34)17-7-8-20(26)27-14-17/h3-14H,1-2H3,(H2,26,27)(H,29,34)(H,28,30,31,32). The molecule has 0 saturated heterocycles. The summed E-state index contributed by atoms with van der Waals surface area (Å²) in [5, 5.41) is 6.20. The van der Waals surface area contributed by atoms with Crippen LogP contribution in [-0.2, 0) is 7.05 Å².